The molecule has 0 amide bonds. The van der Waals surface area contributed by atoms with E-state index in [1.165, 1.54) is 87.3 Å². The zero-order valence-corrected chi connectivity index (χ0v) is 31.6. The monoisotopic (exact) mass is 725 g/mol. The number of hydrogen-bond donors (Lipinski definition) is 0. The molecule has 0 bridgehead atoms. The lowest BCUT2D eigenvalue weighted by Gasteiger charge is -2.28. The van der Waals surface area contributed by atoms with E-state index in [1.807, 2.05) is 0 Å². The Bertz CT molecular complexity index is 3240. The molecule has 0 saturated carbocycles. The van der Waals surface area contributed by atoms with Crippen LogP contribution in [0.5, 0.6) is 0 Å². The van der Waals surface area contributed by atoms with Gasteiger partial charge in [-0.15, -0.1) is 0 Å². The van der Waals surface area contributed by atoms with E-state index in [1.54, 1.807) is 0 Å². The fraction of sp³-hybridized carbons (Fsp3) is 0.0357. The van der Waals surface area contributed by atoms with Crippen LogP contribution in [0.2, 0.25) is 0 Å². The summed E-state index contributed by atoms with van der Waals surface area (Å²) in [5.74, 6) is 0. The van der Waals surface area contributed by atoms with E-state index in [0.717, 1.165) is 29.9 Å². The van der Waals surface area contributed by atoms with Gasteiger partial charge in [0.1, 0.15) is 0 Å². The second kappa shape index (κ2) is 13.8. The molecule has 0 unspecified atom stereocenters. The highest BCUT2D eigenvalue weighted by Crippen LogP contribution is 2.44. The first kappa shape index (κ1) is 33.1. The molecular weight excluding hydrogens is 687 g/mol. The zero-order valence-electron chi connectivity index (χ0n) is 31.6. The maximum absolute atomic E-state index is 2.44. The second-order valence-corrected chi connectivity index (χ2v) is 15.2. The Morgan fingerprint density at radius 1 is 0.333 bits per heavy atom. The standard InChI is InChI=1S/C56H39N/c1-3-12-38(13-4-1)44-18-11-19-46(34-44)57(47-29-26-42-23-22-40-16-8-10-21-50(40)56(42)36-47)48-30-33-51(55(37-48)39-14-5-2-6-15-39)45-25-24-43-28-31-52-49-20-9-7-17-41(49)27-32-53(52)54(43)35-45/h1-5,7-14,16-37H,6,15H2. The van der Waals surface area contributed by atoms with Crippen molar-refractivity contribution >= 4 is 76.5 Å². The van der Waals surface area contributed by atoms with E-state index in [9.17, 15) is 0 Å². The van der Waals surface area contributed by atoms with Crippen LogP contribution < -0.4 is 4.90 Å². The molecular formula is C56H39N. The Kier molecular flexibility index (Phi) is 8.03. The first-order chi connectivity index (χ1) is 28.2. The van der Waals surface area contributed by atoms with Crippen LogP contribution >= 0.6 is 0 Å². The molecule has 0 fully saturated rings. The fourth-order valence-corrected chi connectivity index (χ4v) is 9.03. The van der Waals surface area contributed by atoms with Crippen molar-refractivity contribution in [1.82, 2.24) is 0 Å². The Morgan fingerprint density at radius 3 is 1.68 bits per heavy atom. The van der Waals surface area contributed by atoms with Crippen molar-refractivity contribution in [2.24, 2.45) is 0 Å². The van der Waals surface area contributed by atoms with Crippen molar-refractivity contribution in [1.29, 1.82) is 0 Å². The SMILES string of the molecule is C1=CCCC(c2cc(N(c3cccc(-c4ccccc4)c3)c3ccc4ccc5ccccc5c4c3)ccc2-c2ccc3ccc4c5ccccc5ccc4c3c2)=C1. The number of benzene rings is 10. The quantitative estimate of drug-likeness (QED) is 0.154. The first-order valence-corrected chi connectivity index (χ1v) is 20.0. The lowest BCUT2D eigenvalue weighted by atomic mass is 9.88. The molecule has 0 N–H and O–H groups in total. The van der Waals surface area contributed by atoms with Crippen LogP contribution in [0.25, 0.3) is 81.7 Å². The van der Waals surface area contributed by atoms with Crippen molar-refractivity contribution in [3.8, 4) is 22.3 Å². The molecule has 1 nitrogen and oxygen atoms in total. The molecule has 0 spiro atoms. The molecule has 1 aliphatic carbocycles. The third-order valence-electron chi connectivity index (χ3n) is 11.9. The third-order valence-corrected chi connectivity index (χ3v) is 11.9. The van der Waals surface area contributed by atoms with E-state index in [4.69, 9.17) is 0 Å². The minimum atomic E-state index is 1.00. The molecule has 0 aromatic heterocycles. The van der Waals surface area contributed by atoms with Crippen LogP contribution in [0.3, 0.4) is 0 Å². The summed E-state index contributed by atoms with van der Waals surface area (Å²) in [6, 6.07) is 71.8. The van der Waals surface area contributed by atoms with Crippen molar-refractivity contribution < 1.29 is 0 Å². The van der Waals surface area contributed by atoms with Crippen LogP contribution in [0.4, 0.5) is 17.1 Å². The molecule has 57 heavy (non-hydrogen) atoms. The smallest absolute Gasteiger partial charge is 0.0468 e. The zero-order chi connectivity index (χ0) is 37.7. The summed E-state index contributed by atoms with van der Waals surface area (Å²) < 4.78 is 0. The molecule has 11 rings (SSSR count). The maximum atomic E-state index is 2.44. The lowest BCUT2D eigenvalue weighted by Crippen LogP contribution is -2.11. The molecule has 10 aromatic carbocycles. The number of hydrogen-bond acceptors (Lipinski definition) is 1. The summed E-state index contributed by atoms with van der Waals surface area (Å²) in [6.45, 7) is 0. The van der Waals surface area contributed by atoms with Gasteiger partial charge in [-0.3, -0.25) is 0 Å². The summed E-state index contributed by atoms with van der Waals surface area (Å²) in [4.78, 5) is 2.44. The van der Waals surface area contributed by atoms with Crippen molar-refractivity contribution in [3.63, 3.8) is 0 Å². The van der Waals surface area contributed by atoms with E-state index in [2.05, 4.69) is 217 Å². The normalized spacial score (nSPS) is 12.8. The van der Waals surface area contributed by atoms with Crippen molar-refractivity contribution in [2.45, 2.75) is 12.8 Å². The molecule has 268 valence electrons. The van der Waals surface area contributed by atoms with Gasteiger partial charge in [0, 0.05) is 17.1 Å². The first-order valence-electron chi connectivity index (χ1n) is 20.0. The topological polar surface area (TPSA) is 3.24 Å². The van der Waals surface area contributed by atoms with Crippen molar-refractivity contribution in [3.05, 3.63) is 218 Å². The van der Waals surface area contributed by atoms with Crippen molar-refractivity contribution in [2.75, 3.05) is 4.90 Å². The summed E-state index contributed by atoms with van der Waals surface area (Å²) in [5, 5.41) is 12.7. The van der Waals surface area contributed by atoms with E-state index >= 15 is 0 Å². The Hall–Kier alpha value is -7.22. The number of allylic oxidation sites excluding steroid dienone is 4. The minimum absolute atomic E-state index is 1.00. The molecule has 10 aromatic rings. The predicted molar refractivity (Wildman–Crippen MR) is 246 cm³/mol. The Labute approximate surface area is 333 Å². The van der Waals surface area contributed by atoms with E-state index < -0.39 is 0 Å². The minimum Gasteiger partial charge on any atom is -0.310 e. The van der Waals surface area contributed by atoms with E-state index in [0.29, 0.717) is 0 Å². The van der Waals surface area contributed by atoms with Crippen LogP contribution in [0.15, 0.2) is 212 Å². The van der Waals surface area contributed by atoms with Gasteiger partial charge >= 0.3 is 0 Å². The fourth-order valence-electron chi connectivity index (χ4n) is 9.03. The number of fused-ring (bicyclic) bond motifs is 8. The highest BCUT2D eigenvalue weighted by Gasteiger charge is 2.19. The average Bonchev–Trinajstić information content (AvgIpc) is 3.29. The van der Waals surface area contributed by atoms with Crippen LogP contribution in [0.1, 0.15) is 18.4 Å². The maximum Gasteiger partial charge on any atom is 0.0468 e. The highest BCUT2D eigenvalue weighted by atomic mass is 15.1. The molecule has 0 saturated heterocycles. The van der Waals surface area contributed by atoms with Gasteiger partial charge in [0.2, 0.25) is 0 Å². The van der Waals surface area contributed by atoms with Crippen LogP contribution in [-0.2, 0) is 0 Å². The number of nitrogens with zero attached hydrogens (tertiary/aromatic N) is 1. The van der Waals surface area contributed by atoms with Crippen LogP contribution in [0, 0.1) is 0 Å². The summed E-state index contributed by atoms with van der Waals surface area (Å²) >= 11 is 0. The average molecular weight is 726 g/mol. The van der Waals surface area contributed by atoms with Gasteiger partial charge in [-0.1, -0.05) is 170 Å². The predicted octanol–water partition coefficient (Wildman–Crippen LogP) is 16.0. The largest absolute Gasteiger partial charge is 0.310 e. The molecule has 1 aliphatic rings. The van der Waals surface area contributed by atoms with Gasteiger partial charge in [-0.2, -0.15) is 0 Å². The number of anilines is 3. The summed E-state index contributed by atoms with van der Waals surface area (Å²) in [7, 11) is 0. The van der Waals surface area contributed by atoms with Gasteiger partial charge in [0.15, 0.2) is 0 Å². The molecule has 0 radical (unpaired) electrons. The van der Waals surface area contributed by atoms with E-state index in [-0.39, 0.29) is 0 Å². The van der Waals surface area contributed by atoms with Gasteiger partial charge in [0.05, 0.1) is 0 Å². The van der Waals surface area contributed by atoms with Gasteiger partial charge in [-0.05, 0) is 143 Å². The molecule has 1 heteroatoms. The van der Waals surface area contributed by atoms with Crippen LogP contribution in [-0.4, -0.2) is 0 Å². The summed E-state index contributed by atoms with van der Waals surface area (Å²) in [5.41, 5.74) is 10.9. The number of rotatable bonds is 6. The van der Waals surface area contributed by atoms with Gasteiger partial charge in [-0.25, -0.2) is 0 Å². The second-order valence-electron chi connectivity index (χ2n) is 15.2. The Morgan fingerprint density at radius 2 is 0.912 bits per heavy atom. The lowest BCUT2D eigenvalue weighted by molar-refractivity contribution is 1.05. The summed E-state index contributed by atoms with van der Waals surface area (Å²) in [6.07, 6.45) is 8.85. The van der Waals surface area contributed by atoms with Gasteiger partial charge in [0.25, 0.3) is 0 Å². The van der Waals surface area contributed by atoms with Gasteiger partial charge < -0.3 is 4.90 Å². The highest BCUT2D eigenvalue weighted by molar-refractivity contribution is 6.18. The molecule has 0 heterocycles. The molecule has 0 atom stereocenters. The Balaban J connectivity index is 1.12. The molecule has 0 aliphatic heterocycles. The third kappa shape index (κ3) is 5.88.